The highest BCUT2D eigenvalue weighted by molar-refractivity contribution is 5.84. The van der Waals surface area contributed by atoms with Gasteiger partial charge in [0.1, 0.15) is 5.54 Å². The standard InChI is InChI=1S/C9H16F3N3O/c1-8(14,7(13)16)4-15(6-2-3-6)5-9(10,11)12/h6H,2-5,14H2,1H3,(H2,13,16). The fraction of sp³-hybridized carbons (Fsp3) is 0.889. The van der Waals surface area contributed by atoms with Crippen LogP contribution in [0.2, 0.25) is 0 Å². The van der Waals surface area contributed by atoms with Crippen molar-refractivity contribution in [3.05, 3.63) is 0 Å². The summed E-state index contributed by atoms with van der Waals surface area (Å²) >= 11 is 0. The summed E-state index contributed by atoms with van der Waals surface area (Å²) in [6.45, 7) is 0.144. The summed E-state index contributed by atoms with van der Waals surface area (Å²) in [6, 6.07) is -0.121. The van der Waals surface area contributed by atoms with Gasteiger partial charge in [-0.15, -0.1) is 0 Å². The lowest BCUT2D eigenvalue weighted by Crippen LogP contribution is -2.58. The lowest BCUT2D eigenvalue weighted by atomic mass is 10.0. The van der Waals surface area contributed by atoms with Crippen molar-refractivity contribution in [1.82, 2.24) is 4.90 Å². The fourth-order valence-electron chi connectivity index (χ4n) is 1.48. The summed E-state index contributed by atoms with van der Waals surface area (Å²) in [5, 5.41) is 0. The SMILES string of the molecule is CC(N)(CN(CC(F)(F)F)C1CC1)C(N)=O. The van der Waals surface area contributed by atoms with Crippen LogP contribution in [0.3, 0.4) is 0 Å². The average molecular weight is 239 g/mol. The molecule has 1 saturated carbocycles. The van der Waals surface area contributed by atoms with Crippen LogP contribution in [0.5, 0.6) is 0 Å². The zero-order valence-corrected chi connectivity index (χ0v) is 9.05. The van der Waals surface area contributed by atoms with Crippen LogP contribution in [-0.2, 0) is 4.79 Å². The number of hydrogen-bond acceptors (Lipinski definition) is 3. The maximum Gasteiger partial charge on any atom is 0.401 e. The number of rotatable bonds is 5. The van der Waals surface area contributed by atoms with Crippen LogP contribution in [0, 0.1) is 0 Å². The minimum atomic E-state index is -4.28. The zero-order valence-electron chi connectivity index (χ0n) is 9.05. The molecule has 1 rings (SSSR count). The summed E-state index contributed by atoms with van der Waals surface area (Å²) in [5.41, 5.74) is 9.17. The third kappa shape index (κ3) is 3.97. The zero-order chi connectivity index (χ0) is 12.6. The molecule has 1 fully saturated rings. The molecule has 1 unspecified atom stereocenters. The molecule has 0 radical (unpaired) electrons. The molecule has 0 aromatic heterocycles. The molecule has 0 spiro atoms. The highest BCUT2D eigenvalue weighted by Crippen LogP contribution is 2.30. The second-order valence-corrected chi connectivity index (χ2v) is 4.53. The number of nitrogens with zero attached hydrogens (tertiary/aromatic N) is 1. The van der Waals surface area contributed by atoms with Crippen molar-refractivity contribution in [1.29, 1.82) is 0 Å². The van der Waals surface area contributed by atoms with E-state index >= 15 is 0 Å². The third-order valence-corrected chi connectivity index (χ3v) is 2.54. The van der Waals surface area contributed by atoms with E-state index in [1.807, 2.05) is 0 Å². The number of amides is 1. The van der Waals surface area contributed by atoms with Gasteiger partial charge in [-0.2, -0.15) is 13.2 Å². The molecular weight excluding hydrogens is 223 g/mol. The van der Waals surface area contributed by atoms with Gasteiger partial charge in [-0.1, -0.05) is 0 Å². The molecule has 1 amide bonds. The molecule has 7 heteroatoms. The first-order valence-electron chi connectivity index (χ1n) is 5.01. The van der Waals surface area contributed by atoms with Crippen LogP contribution >= 0.6 is 0 Å². The Bertz CT molecular complexity index is 274. The predicted molar refractivity (Wildman–Crippen MR) is 52.4 cm³/mol. The Labute approximate surface area is 91.8 Å². The Morgan fingerprint density at radius 2 is 1.88 bits per heavy atom. The Morgan fingerprint density at radius 3 is 2.19 bits per heavy atom. The molecule has 4 nitrogen and oxygen atoms in total. The molecular formula is C9H16F3N3O. The lowest BCUT2D eigenvalue weighted by molar-refractivity contribution is -0.150. The number of carbonyl (C=O) groups is 1. The molecule has 0 bridgehead atoms. The maximum absolute atomic E-state index is 12.3. The summed E-state index contributed by atoms with van der Waals surface area (Å²) < 4.78 is 36.8. The third-order valence-electron chi connectivity index (χ3n) is 2.54. The average Bonchev–Trinajstić information content (AvgIpc) is 2.80. The van der Waals surface area contributed by atoms with Crippen LogP contribution in [0.25, 0.3) is 0 Å². The first-order chi connectivity index (χ1) is 7.12. The number of carbonyl (C=O) groups excluding carboxylic acids is 1. The van der Waals surface area contributed by atoms with Gasteiger partial charge in [0, 0.05) is 12.6 Å². The predicted octanol–water partition coefficient (Wildman–Crippen LogP) is 0.216. The van der Waals surface area contributed by atoms with Crippen LogP contribution in [0.4, 0.5) is 13.2 Å². The van der Waals surface area contributed by atoms with Gasteiger partial charge in [-0.05, 0) is 19.8 Å². The number of primary amides is 1. The molecule has 16 heavy (non-hydrogen) atoms. The number of halogens is 3. The molecule has 94 valence electrons. The van der Waals surface area contributed by atoms with Crippen LogP contribution < -0.4 is 11.5 Å². The smallest absolute Gasteiger partial charge is 0.368 e. The van der Waals surface area contributed by atoms with Crippen molar-refractivity contribution < 1.29 is 18.0 Å². The van der Waals surface area contributed by atoms with Crippen molar-refractivity contribution in [2.75, 3.05) is 13.1 Å². The van der Waals surface area contributed by atoms with E-state index in [1.165, 1.54) is 11.8 Å². The Balaban J connectivity index is 2.61. The normalized spacial score (nSPS) is 20.9. The van der Waals surface area contributed by atoms with Crippen molar-refractivity contribution >= 4 is 5.91 Å². The van der Waals surface area contributed by atoms with Crippen LogP contribution in [-0.4, -0.2) is 41.7 Å². The summed E-state index contributed by atoms with van der Waals surface area (Å²) in [6.07, 6.45) is -2.85. The molecule has 0 aromatic carbocycles. The number of hydrogen-bond donors (Lipinski definition) is 2. The highest BCUT2D eigenvalue weighted by atomic mass is 19.4. The van der Waals surface area contributed by atoms with E-state index in [1.54, 1.807) is 0 Å². The second-order valence-electron chi connectivity index (χ2n) is 4.53. The van der Waals surface area contributed by atoms with Crippen LogP contribution in [0.1, 0.15) is 19.8 Å². The van der Waals surface area contributed by atoms with Gasteiger partial charge in [0.05, 0.1) is 6.54 Å². The molecule has 1 atom stereocenters. The van der Waals surface area contributed by atoms with Crippen molar-refractivity contribution in [3.8, 4) is 0 Å². The quantitative estimate of drug-likeness (QED) is 0.720. The van der Waals surface area contributed by atoms with Gasteiger partial charge in [0.2, 0.25) is 5.91 Å². The van der Waals surface area contributed by atoms with E-state index in [4.69, 9.17) is 11.5 Å². The van der Waals surface area contributed by atoms with E-state index in [0.29, 0.717) is 12.8 Å². The first-order valence-corrected chi connectivity index (χ1v) is 5.01. The summed E-state index contributed by atoms with van der Waals surface area (Å²) in [4.78, 5) is 12.1. The first kappa shape index (κ1) is 13.2. The monoisotopic (exact) mass is 239 g/mol. The Hall–Kier alpha value is -0.820. The number of nitrogens with two attached hydrogens (primary N) is 2. The van der Waals surface area contributed by atoms with Gasteiger partial charge >= 0.3 is 6.18 Å². The van der Waals surface area contributed by atoms with Crippen LogP contribution in [0.15, 0.2) is 0 Å². The molecule has 0 saturated heterocycles. The molecule has 4 N–H and O–H groups in total. The summed E-state index contributed by atoms with van der Waals surface area (Å²) in [5.74, 6) is -0.791. The largest absolute Gasteiger partial charge is 0.401 e. The summed E-state index contributed by atoms with van der Waals surface area (Å²) in [7, 11) is 0. The van der Waals surface area contributed by atoms with Gasteiger partial charge in [0.25, 0.3) is 0 Å². The fourth-order valence-corrected chi connectivity index (χ4v) is 1.48. The second kappa shape index (κ2) is 4.21. The van der Waals surface area contributed by atoms with E-state index in [2.05, 4.69) is 0 Å². The van der Waals surface area contributed by atoms with Gasteiger partial charge in [-0.3, -0.25) is 9.69 Å². The van der Waals surface area contributed by atoms with E-state index in [9.17, 15) is 18.0 Å². The molecule has 0 aliphatic heterocycles. The van der Waals surface area contributed by atoms with E-state index < -0.39 is 24.2 Å². The minimum Gasteiger partial charge on any atom is -0.368 e. The Kier molecular flexibility index (Phi) is 3.49. The van der Waals surface area contributed by atoms with Gasteiger partial charge < -0.3 is 11.5 Å². The Morgan fingerprint density at radius 1 is 1.38 bits per heavy atom. The van der Waals surface area contributed by atoms with E-state index in [0.717, 1.165) is 0 Å². The highest BCUT2D eigenvalue weighted by Gasteiger charge is 2.41. The molecule has 0 aromatic rings. The van der Waals surface area contributed by atoms with Gasteiger partial charge in [-0.25, -0.2) is 0 Å². The van der Waals surface area contributed by atoms with Crippen molar-refractivity contribution in [2.45, 2.75) is 37.5 Å². The number of alkyl halides is 3. The molecule has 0 heterocycles. The topological polar surface area (TPSA) is 72.3 Å². The minimum absolute atomic E-state index is 0.121. The molecule has 1 aliphatic carbocycles. The molecule has 1 aliphatic rings. The van der Waals surface area contributed by atoms with E-state index in [-0.39, 0.29) is 12.6 Å². The van der Waals surface area contributed by atoms with Gasteiger partial charge in [0.15, 0.2) is 0 Å². The maximum atomic E-state index is 12.3. The van der Waals surface area contributed by atoms with Crippen molar-refractivity contribution in [3.63, 3.8) is 0 Å². The lowest BCUT2D eigenvalue weighted by Gasteiger charge is -2.30. The van der Waals surface area contributed by atoms with Crippen molar-refractivity contribution in [2.24, 2.45) is 11.5 Å².